The molecule has 2 aromatic rings. The van der Waals surface area contributed by atoms with Gasteiger partial charge in [0.2, 0.25) is 5.91 Å². The summed E-state index contributed by atoms with van der Waals surface area (Å²) in [6, 6.07) is 7.00. The molecule has 0 saturated carbocycles. The summed E-state index contributed by atoms with van der Waals surface area (Å²) in [6.07, 6.45) is 1.70. The molecule has 7 heteroatoms. The molecular weight excluding hydrogens is 402 g/mol. The third kappa shape index (κ3) is 4.18. The standard InChI is InChI=1S/C14H13Br2N3O2/c1-21-13-6-12(10(15)5-11(13)16)19-14(20)4-9-3-2-8(17)7-18-9/h2-3,5-7H,4,17H2,1H3,(H,19,20). The van der Waals surface area contributed by atoms with Crippen molar-refractivity contribution in [2.75, 3.05) is 18.2 Å². The van der Waals surface area contributed by atoms with Crippen LogP contribution in [0.4, 0.5) is 11.4 Å². The smallest absolute Gasteiger partial charge is 0.230 e. The van der Waals surface area contributed by atoms with Gasteiger partial charge in [0.15, 0.2) is 0 Å². The number of anilines is 2. The van der Waals surface area contributed by atoms with Crippen LogP contribution in [-0.4, -0.2) is 18.0 Å². The van der Waals surface area contributed by atoms with Gasteiger partial charge in [-0.05, 0) is 50.1 Å². The summed E-state index contributed by atoms with van der Waals surface area (Å²) < 4.78 is 6.77. The molecule has 0 saturated heterocycles. The maximum atomic E-state index is 12.0. The van der Waals surface area contributed by atoms with Crippen molar-refractivity contribution in [3.63, 3.8) is 0 Å². The Morgan fingerprint density at radius 2 is 2.10 bits per heavy atom. The van der Waals surface area contributed by atoms with Gasteiger partial charge in [0.05, 0.1) is 35.6 Å². The minimum absolute atomic E-state index is 0.169. The minimum Gasteiger partial charge on any atom is -0.495 e. The number of nitrogen functional groups attached to an aromatic ring is 1. The van der Waals surface area contributed by atoms with Gasteiger partial charge in [-0.2, -0.15) is 0 Å². The molecule has 1 aromatic heterocycles. The predicted molar refractivity (Wildman–Crippen MR) is 89.4 cm³/mol. The van der Waals surface area contributed by atoms with Gasteiger partial charge in [-0.15, -0.1) is 0 Å². The number of hydrogen-bond donors (Lipinski definition) is 2. The summed E-state index contributed by atoms with van der Waals surface area (Å²) in [5.41, 5.74) is 7.42. The summed E-state index contributed by atoms with van der Waals surface area (Å²) >= 11 is 6.78. The highest BCUT2D eigenvalue weighted by atomic mass is 79.9. The second kappa shape index (κ2) is 6.91. The molecule has 0 radical (unpaired) electrons. The molecule has 1 aromatic carbocycles. The molecule has 0 spiro atoms. The Morgan fingerprint density at radius 3 is 2.71 bits per heavy atom. The number of ether oxygens (including phenoxy) is 1. The first-order valence-electron chi connectivity index (χ1n) is 6.03. The van der Waals surface area contributed by atoms with E-state index in [0.29, 0.717) is 22.8 Å². The topological polar surface area (TPSA) is 77.2 Å². The van der Waals surface area contributed by atoms with E-state index in [1.807, 2.05) is 6.07 Å². The molecular formula is C14H13Br2N3O2. The van der Waals surface area contributed by atoms with Crippen LogP contribution in [0.2, 0.25) is 0 Å². The molecule has 0 fully saturated rings. The van der Waals surface area contributed by atoms with Crippen LogP contribution in [-0.2, 0) is 11.2 Å². The Morgan fingerprint density at radius 1 is 1.33 bits per heavy atom. The first-order chi connectivity index (χ1) is 9.99. The molecule has 0 aliphatic carbocycles. The normalized spacial score (nSPS) is 10.2. The number of amides is 1. The van der Waals surface area contributed by atoms with Gasteiger partial charge in [0.25, 0.3) is 0 Å². The largest absolute Gasteiger partial charge is 0.495 e. The molecule has 0 atom stereocenters. The fourth-order valence-corrected chi connectivity index (χ4v) is 2.94. The average Bonchev–Trinajstić information content (AvgIpc) is 2.44. The number of pyridine rings is 1. The van der Waals surface area contributed by atoms with Gasteiger partial charge in [-0.3, -0.25) is 9.78 Å². The predicted octanol–water partition coefficient (Wildman–Crippen LogP) is 3.38. The molecule has 110 valence electrons. The van der Waals surface area contributed by atoms with E-state index in [-0.39, 0.29) is 12.3 Å². The number of nitrogens with zero attached hydrogens (tertiary/aromatic N) is 1. The van der Waals surface area contributed by atoms with Crippen LogP contribution in [0.3, 0.4) is 0 Å². The van der Waals surface area contributed by atoms with Crippen LogP contribution in [0.5, 0.6) is 5.75 Å². The Labute approximate surface area is 139 Å². The van der Waals surface area contributed by atoms with Crippen molar-refractivity contribution in [2.45, 2.75) is 6.42 Å². The Bertz CT molecular complexity index is 660. The second-order valence-corrected chi connectivity index (χ2v) is 5.98. The number of carbonyl (C=O) groups is 1. The number of hydrogen-bond acceptors (Lipinski definition) is 4. The third-order valence-electron chi connectivity index (χ3n) is 2.70. The highest BCUT2D eigenvalue weighted by molar-refractivity contribution is 9.11. The number of benzene rings is 1. The lowest BCUT2D eigenvalue weighted by atomic mass is 10.2. The number of aromatic nitrogens is 1. The van der Waals surface area contributed by atoms with E-state index < -0.39 is 0 Å². The number of nitrogens with one attached hydrogen (secondary N) is 1. The molecule has 0 aliphatic rings. The number of rotatable bonds is 4. The zero-order chi connectivity index (χ0) is 15.4. The van der Waals surface area contributed by atoms with Gasteiger partial charge in [-0.25, -0.2) is 0 Å². The van der Waals surface area contributed by atoms with E-state index in [4.69, 9.17) is 10.5 Å². The average molecular weight is 415 g/mol. The molecule has 1 heterocycles. The second-order valence-electron chi connectivity index (χ2n) is 4.27. The summed E-state index contributed by atoms with van der Waals surface area (Å²) in [5.74, 6) is 0.469. The van der Waals surface area contributed by atoms with Crippen LogP contribution in [0.1, 0.15) is 5.69 Å². The monoisotopic (exact) mass is 413 g/mol. The highest BCUT2D eigenvalue weighted by Gasteiger charge is 2.11. The molecule has 0 aliphatic heterocycles. The van der Waals surface area contributed by atoms with E-state index in [9.17, 15) is 4.79 Å². The molecule has 1 amide bonds. The fourth-order valence-electron chi connectivity index (χ4n) is 1.68. The van der Waals surface area contributed by atoms with E-state index in [1.165, 1.54) is 6.20 Å². The molecule has 3 N–H and O–H groups in total. The van der Waals surface area contributed by atoms with Gasteiger partial charge in [0, 0.05) is 16.2 Å². The Hall–Kier alpha value is -1.60. The van der Waals surface area contributed by atoms with Crippen LogP contribution in [0, 0.1) is 0 Å². The van der Waals surface area contributed by atoms with Gasteiger partial charge < -0.3 is 15.8 Å². The molecule has 0 bridgehead atoms. The van der Waals surface area contributed by atoms with Crippen molar-refractivity contribution in [3.8, 4) is 5.75 Å². The Balaban J connectivity index is 2.10. The van der Waals surface area contributed by atoms with E-state index in [2.05, 4.69) is 42.2 Å². The number of nitrogens with two attached hydrogens (primary N) is 1. The molecule has 5 nitrogen and oxygen atoms in total. The minimum atomic E-state index is -0.169. The fraction of sp³-hybridized carbons (Fsp3) is 0.143. The molecule has 0 unspecified atom stereocenters. The van der Waals surface area contributed by atoms with Crippen molar-refractivity contribution in [2.24, 2.45) is 0 Å². The van der Waals surface area contributed by atoms with Crippen molar-refractivity contribution in [1.82, 2.24) is 4.98 Å². The van der Waals surface area contributed by atoms with E-state index >= 15 is 0 Å². The number of halogens is 2. The first-order valence-corrected chi connectivity index (χ1v) is 7.61. The van der Waals surface area contributed by atoms with Gasteiger partial charge in [0.1, 0.15) is 5.75 Å². The van der Waals surface area contributed by atoms with Crippen molar-refractivity contribution in [1.29, 1.82) is 0 Å². The highest BCUT2D eigenvalue weighted by Crippen LogP contribution is 2.34. The Kier molecular flexibility index (Phi) is 5.19. The van der Waals surface area contributed by atoms with Crippen molar-refractivity contribution in [3.05, 3.63) is 45.1 Å². The van der Waals surface area contributed by atoms with Crippen molar-refractivity contribution >= 4 is 49.1 Å². The lowest BCUT2D eigenvalue weighted by Gasteiger charge is -2.11. The maximum Gasteiger partial charge on any atom is 0.230 e. The van der Waals surface area contributed by atoms with Crippen LogP contribution >= 0.6 is 31.9 Å². The number of carbonyl (C=O) groups excluding carboxylic acids is 1. The van der Waals surface area contributed by atoms with Crippen LogP contribution < -0.4 is 15.8 Å². The van der Waals surface area contributed by atoms with Crippen LogP contribution in [0.25, 0.3) is 0 Å². The third-order valence-corrected chi connectivity index (χ3v) is 3.98. The zero-order valence-corrected chi connectivity index (χ0v) is 14.4. The number of methoxy groups -OCH3 is 1. The van der Waals surface area contributed by atoms with E-state index in [0.717, 1.165) is 8.95 Å². The zero-order valence-electron chi connectivity index (χ0n) is 11.2. The molecule has 21 heavy (non-hydrogen) atoms. The lowest BCUT2D eigenvalue weighted by Crippen LogP contribution is -2.15. The lowest BCUT2D eigenvalue weighted by molar-refractivity contribution is -0.115. The summed E-state index contributed by atoms with van der Waals surface area (Å²) in [5, 5.41) is 2.82. The quantitative estimate of drug-likeness (QED) is 0.803. The summed E-state index contributed by atoms with van der Waals surface area (Å²) in [6.45, 7) is 0. The van der Waals surface area contributed by atoms with Crippen molar-refractivity contribution < 1.29 is 9.53 Å². The van der Waals surface area contributed by atoms with Gasteiger partial charge >= 0.3 is 0 Å². The van der Waals surface area contributed by atoms with Gasteiger partial charge in [-0.1, -0.05) is 0 Å². The molecule has 2 rings (SSSR count). The summed E-state index contributed by atoms with van der Waals surface area (Å²) in [7, 11) is 1.57. The van der Waals surface area contributed by atoms with Crippen LogP contribution in [0.15, 0.2) is 39.4 Å². The SMILES string of the molecule is COc1cc(NC(=O)Cc2ccc(N)cn2)c(Br)cc1Br. The van der Waals surface area contributed by atoms with E-state index in [1.54, 1.807) is 25.3 Å². The first kappa shape index (κ1) is 15.8. The summed E-state index contributed by atoms with van der Waals surface area (Å²) in [4.78, 5) is 16.1. The maximum absolute atomic E-state index is 12.0.